The number of hydrogen-bond donors (Lipinski definition) is 0. The molecule has 0 radical (unpaired) electrons. The summed E-state index contributed by atoms with van der Waals surface area (Å²) >= 11 is 0. The molecule has 0 saturated heterocycles. The first-order valence-corrected chi connectivity index (χ1v) is 10.7. The number of aryl methyl sites for hydroxylation is 1. The second-order valence-electron chi connectivity index (χ2n) is 7.02. The summed E-state index contributed by atoms with van der Waals surface area (Å²) in [6.45, 7) is 3.26. The quantitative estimate of drug-likeness (QED) is 0.495. The molecule has 27 heavy (non-hydrogen) atoms. The van der Waals surface area contributed by atoms with E-state index in [2.05, 4.69) is 12.2 Å². The lowest BCUT2D eigenvalue weighted by Crippen LogP contribution is -2.27. The fourth-order valence-corrected chi connectivity index (χ4v) is 4.15. The second kappa shape index (κ2) is 9.31. The molecule has 2 aromatic rings. The Morgan fingerprint density at radius 3 is 2.19 bits per heavy atom. The normalized spacial score (nSPS) is 19.9. The Kier molecular flexibility index (Phi) is 6.83. The zero-order chi connectivity index (χ0) is 19.1. The fourth-order valence-electron chi connectivity index (χ4n) is 3.19. The molecule has 0 N–H and O–H groups in total. The third-order valence-electron chi connectivity index (χ3n) is 4.90. The fraction of sp³-hybridized carbons (Fsp3) is 0.364. The number of allylic oxidation sites excluding steroid dienone is 2. The number of rotatable bonds is 8. The van der Waals surface area contributed by atoms with Gasteiger partial charge in [0.2, 0.25) is 0 Å². The summed E-state index contributed by atoms with van der Waals surface area (Å²) in [7, 11) is -3.73. The summed E-state index contributed by atoms with van der Waals surface area (Å²) in [6.07, 6.45) is 5.93. The number of benzene rings is 2. The Balaban J connectivity index is 1.54. The lowest BCUT2D eigenvalue weighted by Gasteiger charge is -2.28. The van der Waals surface area contributed by atoms with Crippen LogP contribution in [0.2, 0.25) is 0 Å². The van der Waals surface area contributed by atoms with E-state index in [9.17, 15) is 8.42 Å². The Morgan fingerprint density at radius 2 is 1.52 bits per heavy atom. The maximum atomic E-state index is 12.4. The van der Waals surface area contributed by atoms with Gasteiger partial charge in [0, 0.05) is 0 Å². The summed E-state index contributed by atoms with van der Waals surface area (Å²) < 4.78 is 36.1. The molecule has 1 aliphatic rings. The molecule has 2 atom stereocenters. The first-order chi connectivity index (χ1) is 13.0. The Bertz CT molecular complexity index is 842. The van der Waals surface area contributed by atoms with Crippen molar-refractivity contribution in [3.05, 3.63) is 77.9 Å². The van der Waals surface area contributed by atoms with E-state index in [1.165, 1.54) is 0 Å². The van der Waals surface area contributed by atoms with Crippen LogP contribution in [0, 0.1) is 18.8 Å². The predicted octanol–water partition coefficient (Wildman–Crippen LogP) is 4.50. The highest BCUT2D eigenvalue weighted by atomic mass is 32.2. The van der Waals surface area contributed by atoms with Crippen molar-refractivity contribution in [3.63, 3.8) is 0 Å². The van der Waals surface area contributed by atoms with E-state index in [4.69, 9.17) is 8.92 Å². The average molecular weight is 387 g/mol. The molecule has 0 saturated carbocycles. The Labute approximate surface area is 162 Å². The molecule has 0 bridgehead atoms. The Hall–Kier alpha value is -1.95. The van der Waals surface area contributed by atoms with Crippen molar-refractivity contribution in [2.75, 3.05) is 13.2 Å². The van der Waals surface area contributed by atoms with E-state index >= 15 is 0 Å². The van der Waals surface area contributed by atoms with Gasteiger partial charge in [-0.3, -0.25) is 4.18 Å². The highest BCUT2D eigenvalue weighted by Gasteiger charge is 2.26. The molecule has 4 nitrogen and oxygen atoms in total. The third kappa shape index (κ3) is 5.76. The molecule has 0 aromatic heterocycles. The lowest BCUT2D eigenvalue weighted by molar-refractivity contribution is 0.0528. The molecule has 0 heterocycles. The minimum absolute atomic E-state index is 0.131. The van der Waals surface area contributed by atoms with E-state index in [-0.39, 0.29) is 23.3 Å². The molecule has 0 unspecified atom stereocenters. The molecular weight excluding hydrogens is 360 g/mol. The minimum Gasteiger partial charge on any atom is -0.376 e. The van der Waals surface area contributed by atoms with Crippen molar-refractivity contribution in [2.45, 2.75) is 31.3 Å². The molecular formula is C22H26O4S. The number of hydrogen-bond acceptors (Lipinski definition) is 4. The zero-order valence-electron chi connectivity index (χ0n) is 15.6. The van der Waals surface area contributed by atoms with E-state index in [1.807, 2.05) is 37.3 Å². The largest absolute Gasteiger partial charge is 0.376 e. The van der Waals surface area contributed by atoms with Crippen molar-refractivity contribution < 1.29 is 17.3 Å². The molecule has 0 amide bonds. The van der Waals surface area contributed by atoms with E-state index in [0.717, 1.165) is 24.0 Å². The maximum absolute atomic E-state index is 12.4. The minimum atomic E-state index is -3.73. The third-order valence-corrected chi connectivity index (χ3v) is 6.20. The standard InChI is InChI=1S/C22H26O4S/c1-18-11-13-22(14-12-18)27(23,24)26-17-21-10-6-5-9-20(21)16-25-15-19-7-3-2-4-8-19/h2-8,11-14,20-21H,9-10,15-17H2,1H3/t20-,21+/m1/s1. The molecule has 5 heteroatoms. The molecule has 3 rings (SSSR count). The SMILES string of the molecule is Cc1ccc(S(=O)(=O)OC[C@@H]2CC=CC[C@@H]2COCc2ccccc2)cc1. The van der Waals surface area contributed by atoms with Gasteiger partial charge in [0.1, 0.15) is 0 Å². The van der Waals surface area contributed by atoms with Gasteiger partial charge in [-0.15, -0.1) is 0 Å². The monoisotopic (exact) mass is 386 g/mol. The van der Waals surface area contributed by atoms with Crippen LogP contribution in [0.4, 0.5) is 0 Å². The van der Waals surface area contributed by atoms with Gasteiger partial charge in [0.05, 0.1) is 24.7 Å². The van der Waals surface area contributed by atoms with Gasteiger partial charge in [-0.05, 0) is 49.3 Å². The lowest BCUT2D eigenvalue weighted by atomic mass is 9.84. The van der Waals surface area contributed by atoms with Crippen LogP contribution in [0.25, 0.3) is 0 Å². The zero-order valence-corrected chi connectivity index (χ0v) is 16.4. The van der Waals surface area contributed by atoms with Crippen LogP contribution in [0.5, 0.6) is 0 Å². The van der Waals surface area contributed by atoms with E-state index in [0.29, 0.717) is 13.2 Å². The highest BCUT2D eigenvalue weighted by molar-refractivity contribution is 7.86. The average Bonchev–Trinajstić information content (AvgIpc) is 2.68. The molecule has 0 aliphatic heterocycles. The van der Waals surface area contributed by atoms with Crippen LogP contribution >= 0.6 is 0 Å². The first kappa shape index (κ1) is 19.8. The van der Waals surface area contributed by atoms with Gasteiger partial charge in [-0.1, -0.05) is 60.2 Å². The molecule has 144 valence electrons. The summed E-state index contributed by atoms with van der Waals surface area (Å²) in [5, 5.41) is 0. The van der Waals surface area contributed by atoms with Gasteiger partial charge in [0.15, 0.2) is 0 Å². The van der Waals surface area contributed by atoms with Crippen LogP contribution in [0.15, 0.2) is 71.6 Å². The van der Waals surface area contributed by atoms with Crippen molar-refractivity contribution in [3.8, 4) is 0 Å². The van der Waals surface area contributed by atoms with Gasteiger partial charge in [-0.2, -0.15) is 8.42 Å². The molecule has 0 spiro atoms. The van der Waals surface area contributed by atoms with Crippen LogP contribution in [-0.4, -0.2) is 21.6 Å². The smallest absolute Gasteiger partial charge is 0.296 e. The van der Waals surface area contributed by atoms with E-state index in [1.54, 1.807) is 24.3 Å². The highest BCUT2D eigenvalue weighted by Crippen LogP contribution is 2.28. The molecule has 2 aromatic carbocycles. The summed E-state index contributed by atoms with van der Waals surface area (Å²) in [5.41, 5.74) is 2.15. The maximum Gasteiger partial charge on any atom is 0.296 e. The van der Waals surface area contributed by atoms with Crippen LogP contribution in [0.3, 0.4) is 0 Å². The first-order valence-electron chi connectivity index (χ1n) is 9.27. The number of ether oxygens (including phenoxy) is 1. The summed E-state index contributed by atoms with van der Waals surface area (Å²) in [5.74, 6) is 0.387. The van der Waals surface area contributed by atoms with Crippen LogP contribution < -0.4 is 0 Å². The van der Waals surface area contributed by atoms with Crippen molar-refractivity contribution in [1.82, 2.24) is 0 Å². The predicted molar refractivity (Wildman–Crippen MR) is 106 cm³/mol. The molecule has 0 fully saturated rings. The Morgan fingerprint density at radius 1 is 0.889 bits per heavy atom. The van der Waals surface area contributed by atoms with Gasteiger partial charge < -0.3 is 4.74 Å². The van der Waals surface area contributed by atoms with Crippen molar-refractivity contribution >= 4 is 10.1 Å². The van der Waals surface area contributed by atoms with Crippen LogP contribution in [0.1, 0.15) is 24.0 Å². The molecule has 1 aliphatic carbocycles. The van der Waals surface area contributed by atoms with Gasteiger partial charge in [-0.25, -0.2) is 0 Å². The van der Waals surface area contributed by atoms with Crippen molar-refractivity contribution in [1.29, 1.82) is 0 Å². The van der Waals surface area contributed by atoms with Gasteiger partial charge >= 0.3 is 0 Å². The summed E-state index contributed by atoms with van der Waals surface area (Å²) in [6, 6.07) is 16.8. The van der Waals surface area contributed by atoms with E-state index < -0.39 is 10.1 Å². The van der Waals surface area contributed by atoms with Crippen LogP contribution in [-0.2, 0) is 25.6 Å². The van der Waals surface area contributed by atoms with Crippen molar-refractivity contribution in [2.24, 2.45) is 11.8 Å². The summed E-state index contributed by atoms with van der Waals surface area (Å²) in [4.78, 5) is 0.205. The second-order valence-corrected chi connectivity index (χ2v) is 8.63. The van der Waals surface area contributed by atoms with Gasteiger partial charge in [0.25, 0.3) is 10.1 Å². The topological polar surface area (TPSA) is 52.6 Å².